The molecular formula is C20H34O6. The number of rotatable bonds is 13. The lowest BCUT2D eigenvalue weighted by Gasteiger charge is -2.17. The molecule has 1 saturated heterocycles. The molecule has 1 aliphatic heterocycles. The SMILES string of the molecule is CCCCC/C=C\C[C@@H](O)/C=C/[C@@H]1O[C@H]([C@H](O)CCCC(=O)O)C[C@@H]1O. The molecule has 5 atom stereocenters. The van der Waals surface area contributed by atoms with E-state index in [0.29, 0.717) is 25.7 Å². The monoisotopic (exact) mass is 370 g/mol. The van der Waals surface area contributed by atoms with Crippen LogP contribution in [0.2, 0.25) is 0 Å². The topological polar surface area (TPSA) is 107 Å². The first kappa shape index (κ1) is 22.8. The summed E-state index contributed by atoms with van der Waals surface area (Å²) < 4.78 is 5.65. The van der Waals surface area contributed by atoms with E-state index < -0.39 is 36.5 Å². The number of unbranched alkanes of at least 4 members (excludes halogenated alkanes) is 3. The number of allylic oxidation sites excluding steroid dienone is 1. The van der Waals surface area contributed by atoms with E-state index in [2.05, 4.69) is 13.0 Å². The second kappa shape index (κ2) is 13.0. The van der Waals surface area contributed by atoms with Crippen LogP contribution in [0.1, 0.15) is 64.7 Å². The summed E-state index contributed by atoms with van der Waals surface area (Å²) in [5.41, 5.74) is 0. The minimum atomic E-state index is -0.890. The highest BCUT2D eigenvalue weighted by molar-refractivity contribution is 5.66. The number of carboxylic acid groups (broad SMARTS) is 1. The first-order valence-electron chi connectivity index (χ1n) is 9.68. The Morgan fingerprint density at radius 2 is 2.00 bits per heavy atom. The average Bonchev–Trinajstić information content (AvgIpc) is 2.96. The first-order valence-corrected chi connectivity index (χ1v) is 9.68. The number of carbonyl (C=O) groups is 1. The van der Waals surface area contributed by atoms with Crippen LogP contribution in [0.15, 0.2) is 24.3 Å². The Hall–Kier alpha value is -1.21. The highest BCUT2D eigenvalue weighted by Crippen LogP contribution is 2.26. The maximum Gasteiger partial charge on any atom is 0.303 e. The molecular weight excluding hydrogens is 336 g/mol. The largest absolute Gasteiger partial charge is 0.481 e. The van der Waals surface area contributed by atoms with Crippen LogP contribution in [-0.4, -0.2) is 56.9 Å². The van der Waals surface area contributed by atoms with E-state index in [9.17, 15) is 20.1 Å². The van der Waals surface area contributed by atoms with Crippen LogP contribution >= 0.6 is 0 Å². The number of ether oxygens (including phenoxy) is 1. The van der Waals surface area contributed by atoms with Crippen molar-refractivity contribution in [2.75, 3.05) is 0 Å². The van der Waals surface area contributed by atoms with Gasteiger partial charge in [-0.2, -0.15) is 0 Å². The molecule has 1 heterocycles. The second-order valence-corrected chi connectivity index (χ2v) is 6.95. The Labute approximate surface area is 156 Å². The highest BCUT2D eigenvalue weighted by Gasteiger charge is 2.36. The van der Waals surface area contributed by atoms with E-state index in [1.165, 1.54) is 12.8 Å². The normalized spacial score (nSPS) is 25.9. The fraction of sp³-hybridized carbons (Fsp3) is 0.750. The third kappa shape index (κ3) is 9.48. The molecule has 0 saturated carbocycles. The van der Waals surface area contributed by atoms with Crippen LogP contribution in [-0.2, 0) is 9.53 Å². The van der Waals surface area contributed by atoms with E-state index in [-0.39, 0.29) is 6.42 Å². The van der Waals surface area contributed by atoms with Crippen molar-refractivity contribution in [2.45, 2.75) is 95.2 Å². The Balaban J connectivity index is 2.31. The van der Waals surface area contributed by atoms with Crippen molar-refractivity contribution in [2.24, 2.45) is 0 Å². The molecule has 150 valence electrons. The number of hydrogen-bond acceptors (Lipinski definition) is 5. The molecule has 0 radical (unpaired) electrons. The van der Waals surface area contributed by atoms with Gasteiger partial charge in [0.2, 0.25) is 0 Å². The van der Waals surface area contributed by atoms with Crippen molar-refractivity contribution in [3.05, 3.63) is 24.3 Å². The van der Waals surface area contributed by atoms with Gasteiger partial charge in [0, 0.05) is 12.8 Å². The maximum atomic E-state index is 10.5. The summed E-state index contributed by atoms with van der Waals surface area (Å²) >= 11 is 0. The average molecular weight is 370 g/mol. The van der Waals surface area contributed by atoms with Gasteiger partial charge in [0.15, 0.2) is 0 Å². The van der Waals surface area contributed by atoms with Crippen molar-refractivity contribution >= 4 is 5.97 Å². The minimum Gasteiger partial charge on any atom is -0.481 e. The summed E-state index contributed by atoms with van der Waals surface area (Å²) in [6.45, 7) is 2.16. The Morgan fingerprint density at radius 1 is 1.23 bits per heavy atom. The predicted molar refractivity (Wildman–Crippen MR) is 99.8 cm³/mol. The lowest BCUT2D eigenvalue weighted by atomic mass is 10.0. The van der Waals surface area contributed by atoms with Crippen LogP contribution in [0.25, 0.3) is 0 Å². The van der Waals surface area contributed by atoms with Gasteiger partial charge in [0.25, 0.3) is 0 Å². The Kier molecular flexibility index (Phi) is 11.4. The minimum absolute atomic E-state index is 0.00776. The van der Waals surface area contributed by atoms with Crippen molar-refractivity contribution < 1.29 is 30.0 Å². The summed E-state index contributed by atoms with van der Waals surface area (Å²) in [5.74, 6) is -0.890. The zero-order chi connectivity index (χ0) is 19.4. The molecule has 1 fully saturated rings. The number of aliphatic carboxylic acids is 1. The number of carboxylic acids is 1. The molecule has 0 bridgehead atoms. The Morgan fingerprint density at radius 3 is 2.69 bits per heavy atom. The van der Waals surface area contributed by atoms with Gasteiger partial charge >= 0.3 is 5.97 Å². The molecule has 4 N–H and O–H groups in total. The number of hydrogen-bond donors (Lipinski definition) is 4. The summed E-state index contributed by atoms with van der Waals surface area (Å²) in [7, 11) is 0. The maximum absolute atomic E-state index is 10.5. The molecule has 1 rings (SSSR count). The van der Waals surface area contributed by atoms with Crippen LogP contribution in [0, 0.1) is 0 Å². The first-order chi connectivity index (χ1) is 12.4. The van der Waals surface area contributed by atoms with Crippen molar-refractivity contribution in [3.8, 4) is 0 Å². The molecule has 6 nitrogen and oxygen atoms in total. The van der Waals surface area contributed by atoms with Crippen molar-refractivity contribution in [3.63, 3.8) is 0 Å². The fourth-order valence-corrected chi connectivity index (χ4v) is 2.97. The molecule has 0 aromatic carbocycles. The molecule has 26 heavy (non-hydrogen) atoms. The van der Waals surface area contributed by atoms with Gasteiger partial charge in [0.1, 0.15) is 6.10 Å². The summed E-state index contributed by atoms with van der Waals surface area (Å²) in [4.78, 5) is 10.5. The molecule has 0 unspecified atom stereocenters. The molecule has 0 amide bonds. The fourth-order valence-electron chi connectivity index (χ4n) is 2.97. The van der Waals surface area contributed by atoms with Gasteiger partial charge in [-0.1, -0.05) is 44.1 Å². The number of aliphatic hydroxyl groups is 3. The van der Waals surface area contributed by atoms with Crippen molar-refractivity contribution in [1.82, 2.24) is 0 Å². The molecule has 0 aliphatic carbocycles. The summed E-state index contributed by atoms with van der Waals surface area (Å²) in [6.07, 6.45) is 10.2. The van der Waals surface area contributed by atoms with Crippen molar-refractivity contribution in [1.29, 1.82) is 0 Å². The predicted octanol–water partition coefficient (Wildman–Crippen LogP) is 2.56. The molecule has 1 aliphatic rings. The summed E-state index contributed by atoms with van der Waals surface area (Å²) in [6, 6.07) is 0. The zero-order valence-corrected chi connectivity index (χ0v) is 15.7. The second-order valence-electron chi connectivity index (χ2n) is 6.95. The molecule has 0 aromatic heterocycles. The highest BCUT2D eigenvalue weighted by atomic mass is 16.5. The lowest BCUT2D eigenvalue weighted by molar-refractivity contribution is -0.137. The van der Waals surface area contributed by atoms with Crippen LogP contribution in [0.3, 0.4) is 0 Å². The van der Waals surface area contributed by atoms with E-state index in [1.807, 2.05) is 6.08 Å². The van der Waals surface area contributed by atoms with Gasteiger partial charge in [0.05, 0.1) is 24.4 Å². The third-order valence-corrected chi connectivity index (χ3v) is 4.55. The lowest BCUT2D eigenvalue weighted by Crippen LogP contribution is -2.26. The van der Waals surface area contributed by atoms with Gasteiger partial charge in [-0.25, -0.2) is 0 Å². The summed E-state index contributed by atoms with van der Waals surface area (Å²) in [5, 5.41) is 38.7. The van der Waals surface area contributed by atoms with E-state index >= 15 is 0 Å². The molecule has 0 spiro atoms. The van der Waals surface area contributed by atoms with Gasteiger partial charge in [-0.3, -0.25) is 4.79 Å². The van der Waals surface area contributed by atoms with Crippen LogP contribution < -0.4 is 0 Å². The van der Waals surface area contributed by atoms with Crippen LogP contribution in [0.4, 0.5) is 0 Å². The smallest absolute Gasteiger partial charge is 0.303 e. The number of aliphatic hydroxyl groups excluding tert-OH is 3. The molecule has 6 heteroatoms. The molecule has 0 aromatic rings. The van der Waals surface area contributed by atoms with E-state index in [4.69, 9.17) is 9.84 Å². The quantitative estimate of drug-likeness (QED) is 0.293. The standard InChI is InChI=1S/C20H34O6/c1-2-3-4-5-6-7-9-15(21)12-13-18-17(23)14-19(26-18)16(22)10-8-11-20(24)25/h6-7,12-13,15-19,21-23H,2-5,8-11,14H2,1H3,(H,24,25)/b7-6-,13-12+/t15-,16-,17+,18+,19+/m1/s1. The van der Waals surface area contributed by atoms with Crippen LogP contribution in [0.5, 0.6) is 0 Å². The van der Waals surface area contributed by atoms with E-state index in [1.54, 1.807) is 12.2 Å². The van der Waals surface area contributed by atoms with Gasteiger partial charge in [-0.05, 0) is 32.1 Å². The van der Waals surface area contributed by atoms with Gasteiger partial charge < -0.3 is 25.2 Å². The van der Waals surface area contributed by atoms with E-state index in [0.717, 1.165) is 12.8 Å². The third-order valence-electron chi connectivity index (χ3n) is 4.55. The zero-order valence-electron chi connectivity index (χ0n) is 15.7. The van der Waals surface area contributed by atoms with Gasteiger partial charge in [-0.15, -0.1) is 0 Å². The Bertz CT molecular complexity index is 448.